The van der Waals surface area contributed by atoms with Crippen molar-refractivity contribution in [3.8, 4) is 0 Å². The number of aliphatic hydroxyl groups is 1. The number of ether oxygens (including phenoxy) is 2. The van der Waals surface area contributed by atoms with Crippen LogP contribution in [0.25, 0.3) is 0 Å². The second-order valence-electron chi connectivity index (χ2n) is 6.60. The summed E-state index contributed by atoms with van der Waals surface area (Å²) in [6.45, 7) is 3.19. The molecule has 2 aromatic rings. The topological polar surface area (TPSA) is 146 Å². The van der Waals surface area contributed by atoms with Gasteiger partial charge in [-0.05, 0) is 23.8 Å². The summed E-state index contributed by atoms with van der Waals surface area (Å²) in [5, 5.41) is 29.6. The lowest BCUT2D eigenvalue weighted by Crippen LogP contribution is -2.59. The fourth-order valence-corrected chi connectivity index (χ4v) is 2.82. The van der Waals surface area contributed by atoms with Gasteiger partial charge in [0.15, 0.2) is 0 Å². The molecule has 0 heterocycles. The van der Waals surface area contributed by atoms with Crippen LogP contribution < -0.4 is 5.43 Å². The summed E-state index contributed by atoms with van der Waals surface area (Å²) in [6, 6.07) is 15.5. The molecule has 0 radical (unpaired) electrons. The van der Waals surface area contributed by atoms with E-state index in [9.17, 15) is 24.6 Å². The van der Waals surface area contributed by atoms with E-state index in [0.717, 1.165) is 11.6 Å². The van der Waals surface area contributed by atoms with E-state index in [2.05, 4.69) is 6.58 Å². The number of esters is 1. The normalized spacial score (nSPS) is 13.3. The Morgan fingerprint density at radius 2 is 1.62 bits per heavy atom. The smallest absolute Gasteiger partial charge is 0.426 e. The summed E-state index contributed by atoms with van der Waals surface area (Å²) >= 11 is 0. The van der Waals surface area contributed by atoms with Gasteiger partial charge in [-0.3, -0.25) is 0 Å². The molecular weight excluding hydrogens is 420 g/mol. The van der Waals surface area contributed by atoms with Crippen molar-refractivity contribution in [3.63, 3.8) is 0 Å². The zero-order valence-electron chi connectivity index (χ0n) is 17.0. The quantitative estimate of drug-likeness (QED) is 0.248. The van der Waals surface area contributed by atoms with Crippen LogP contribution in [-0.2, 0) is 16.1 Å². The average molecular weight is 444 g/mol. The molecule has 0 bridgehead atoms. The Bertz CT molecular complexity index is 907. The van der Waals surface area contributed by atoms with Crippen molar-refractivity contribution in [2.45, 2.75) is 24.9 Å². The molecule has 2 aromatic carbocycles. The van der Waals surface area contributed by atoms with Gasteiger partial charge in [-0.2, -0.15) is 0 Å². The fourth-order valence-electron chi connectivity index (χ4n) is 2.82. The maximum Gasteiger partial charge on any atom is 0.426 e. The molecule has 2 amide bonds. The summed E-state index contributed by atoms with van der Waals surface area (Å²) < 4.78 is 10.8. The molecule has 0 aromatic heterocycles. The van der Waals surface area contributed by atoms with Gasteiger partial charge in [0, 0.05) is 0 Å². The average Bonchev–Trinajstić information content (AvgIpc) is 2.79. The summed E-state index contributed by atoms with van der Waals surface area (Å²) in [5.41, 5.74) is 2.70. The predicted octanol–water partition coefficient (Wildman–Crippen LogP) is 2.51. The molecule has 0 aliphatic rings. The van der Waals surface area contributed by atoms with Gasteiger partial charge < -0.3 is 24.8 Å². The van der Waals surface area contributed by atoms with Crippen molar-refractivity contribution < 1.29 is 39.2 Å². The van der Waals surface area contributed by atoms with Crippen LogP contribution in [0.5, 0.6) is 0 Å². The molecule has 0 spiro atoms. The first kappa shape index (κ1) is 24.4. The molecule has 10 heteroatoms. The molecule has 2 rings (SSSR count). The van der Waals surface area contributed by atoms with Crippen molar-refractivity contribution in [2.75, 3.05) is 6.61 Å². The lowest BCUT2D eigenvalue weighted by molar-refractivity contribution is -0.0661. The number of hydrogen-bond donors (Lipinski definition) is 4. The van der Waals surface area contributed by atoms with Crippen LogP contribution in [0.4, 0.5) is 9.59 Å². The summed E-state index contributed by atoms with van der Waals surface area (Å²) in [4.78, 5) is 35.1. The van der Waals surface area contributed by atoms with Crippen LogP contribution >= 0.6 is 0 Å². The molecular formula is C22H24N2O8. The Labute approximate surface area is 184 Å². The number of amides is 2. The Morgan fingerprint density at radius 1 is 1.03 bits per heavy atom. The second kappa shape index (κ2) is 12.1. The number of aliphatic hydroxyl groups excluding tert-OH is 1. The van der Waals surface area contributed by atoms with E-state index in [1.54, 1.807) is 47.9 Å². The van der Waals surface area contributed by atoms with E-state index in [-0.39, 0.29) is 17.2 Å². The third-order valence-corrected chi connectivity index (χ3v) is 4.37. The highest BCUT2D eigenvalue weighted by Gasteiger charge is 2.37. The minimum Gasteiger partial charge on any atom is -0.464 e. The highest BCUT2D eigenvalue weighted by molar-refractivity contribution is 5.89. The molecule has 0 unspecified atom stereocenters. The van der Waals surface area contributed by atoms with Crippen molar-refractivity contribution in [1.82, 2.24) is 10.4 Å². The number of hydrazine groups is 1. The number of carboxylic acid groups (broad SMARTS) is 2. The van der Waals surface area contributed by atoms with Crippen LogP contribution in [0.15, 0.2) is 73.3 Å². The maximum atomic E-state index is 12.4. The molecule has 170 valence electrons. The number of nitrogens with zero attached hydrogens (tertiary/aromatic N) is 1. The lowest BCUT2D eigenvalue weighted by Gasteiger charge is -2.34. The Balaban J connectivity index is 2.19. The largest absolute Gasteiger partial charge is 0.464 e. The fraction of sp³-hybridized carbons (Fsp3) is 0.227. The van der Waals surface area contributed by atoms with Crippen molar-refractivity contribution in [3.05, 3.63) is 84.4 Å². The van der Waals surface area contributed by atoms with Gasteiger partial charge in [0.05, 0.1) is 18.8 Å². The SMILES string of the molecule is C=C[C@H](OC(=O)c1ccccc1)[C@H](O)[C@@H](COCc1ccccc1)N(NC(=O)O)C(=O)O. The molecule has 0 aliphatic carbocycles. The highest BCUT2D eigenvalue weighted by Crippen LogP contribution is 2.15. The van der Waals surface area contributed by atoms with E-state index < -0.39 is 43.0 Å². The van der Waals surface area contributed by atoms with Gasteiger partial charge >= 0.3 is 18.2 Å². The van der Waals surface area contributed by atoms with Crippen molar-refractivity contribution >= 4 is 18.2 Å². The molecule has 32 heavy (non-hydrogen) atoms. The third-order valence-electron chi connectivity index (χ3n) is 4.37. The van der Waals surface area contributed by atoms with E-state index in [4.69, 9.17) is 14.6 Å². The standard InChI is InChI=1S/C22H24N2O8/c1-2-18(32-20(26)16-11-7-4-8-12-16)19(25)17(24(22(29)30)23-21(27)28)14-31-13-15-9-5-3-6-10-15/h2-12,17-19,23,25H,1,13-14H2,(H,27,28)(H,29,30)/t17-,18+,19-/m1/s1. The van der Waals surface area contributed by atoms with E-state index >= 15 is 0 Å². The van der Waals surface area contributed by atoms with Crippen molar-refractivity contribution in [2.24, 2.45) is 0 Å². The number of carbonyl (C=O) groups is 3. The van der Waals surface area contributed by atoms with Crippen LogP contribution in [-0.4, -0.2) is 63.3 Å². The Hall–Kier alpha value is -3.89. The molecule has 3 atom stereocenters. The number of nitrogens with one attached hydrogen (secondary N) is 1. The van der Waals surface area contributed by atoms with Gasteiger partial charge in [-0.1, -0.05) is 55.1 Å². The van der Waals surface area contributed by atoms with Crippen LogP contribution in [0.1, 0.15) is 15.9 Å². The monoisotopic (exact) mass is 444 g/mol. The molecule has 0 aliphatic heterocycles. The lowest BCUT2D eigenvalue weighted by atomic mass is 10.1. The first-order valence-corrected chi connectivity index (χ1v) is 9.53. The van der Waals surface area contributed by atoms with E-state index in [0.29, 0.717) is 0 Å². The molecule has 0 saturated heterocycles. The summed E-state index contributed by atoms with van der Waals surface area (Å²) in [5.74, 6) is -0.772. The van der Waals surface area contributed by atoms with Crippen LogP contribution in [0.3, 0.4) is 0 Å². The number of carbonyl (C=O) groups excluding carboxylic acids is 1. The van der Waals surface area contributed by atoms with Crippen LogP contribution in [0, 0.1) is 0 Å². The predicted molar refractivity (Wildman–Crippen MR) is 113 cm³/mol. The number of hydrogen-bond acceptors (Lipinski definition) is 6. The van der Waals surface area contributed by atoms with Gasteiger partial charge in [-0.15, -0.1) is 0 Å². The minimum absolute atomic E-state index is 0.0765. The van der Waals surface area contributed by atoms with Crippen LogP contribution in [0.2, 0.25) is 0 Å². The zero-order valence-corrected chi connectivity index (χ0v) is 17.0. The molecule has 4 N–H and O–H groups in total. The van der Waals surface area contributed by atoms with E-state index in [1.807, 2.05) is 6.07 Å². The van der Waals surface area contributed by atoms with Gasteiger partial charge in [0.2, 0.25) is 0 Å². The summed E-state index contributed by atoms with van der Waals surface area (Å²) in [6.07, 6.45) is -5.28. The second-order valence-corrected chi connectivity index (χ2v) is 6.60. The summed E-state index contributed by atoms with van der Waals surface area (Å²) in [7, 11) is 0. The molecule has 0 fully saturated rings. The number of benzene rings is 2. The zero-order chi connectivity index (χ0) is 23.5. The maximum absolute atomic E-state index is 12.4. The first-order valence-electron chi connectivity index (χ1n) is 9.53. The number of rotatable bonds is 10. The van der Waals surface area contributed by atoms with Gasteiger partial charge in [0.25, 0.3) is 0 Å². The Kier molecular flexibility index (Phi) is 9.21. The first-order chi connectivity index (χ1) is 15.3. The van der Waals surface area contributed by atoms with Crippen molar-refractivity contribution in [1.29, 1.82) is 0 Å². The minimum atomic E-state index is -1.70. The molecule has 0 saturated carbocycles. The highest BCUT2D eigenvalue weighted by atomic mass is 16.6. The van der Waals surface area contributed by atoms with Gasteiger partial charge in [-0.25, -0.2) is 24.8 Å². The Morgan fingerprint density at radius 3 is 2.16 bits per heavy atom. The molecule has 10 nitrogen and oxygen atoms in total. The van der Waals surface area contributed by atoms with Gasteiger partial charge in [0.1, 0.15) is 18.2 Å². The van der Waals surface area contributed by atoms with E-state index in [1.165, 1.54) is 12.1 Å². The third kappa shape index (κ3) is 7.11.